The zero-order valence-corrected chi connectivity index (χ0v) is 11.0. The van der Waals surface area contributed by atoms with Gasteiger partial charge in [0.25, 0.3) is 0 Å². The molecule has 6 nitrogen and oxygen atoms in total. The molecular formula is C12H23N3O3. The molecule has 0 aliphatic carbocycles. The van der Waals surface area contributed by atoms with E-state index in [-0.39, 0.29) is 12.3 Å². The molecule has 1 aliphatic heterocycles. The minimum Gasteiger partial charge on any atom is -0.383 e. The summed E-state index contributed by atoms with van der Waals surface area (Å²) in [7, 11) is 1.58. The first kappa shape index (κ1) is 14.9. The maximum Gasteiger partial charge on any atom is 0.235 e. The number of rotatable bonds is 7. The van der Waals surface area contributed by atoms with Crippen molar-refractivity contribution in [3.8, 4) is 0 Å². The number of nitrogens with two attached hydrogens (primary N) is 1. The molecule has 1 aliphatic rings. The molecule has 6 heteroatoms. The molecule has 0 aromatic carbocycles. The van der Waals surface area contributed by atoms with E-state index in [1.54, 1.807) is 7.11 Å². The summed E-state index contributed by atoms with van der Waals surface area (Å²) in [6.45, 7) is 2.59. The van der Waals surface area contributed by atoms with Crippen LogP contribution < -0.4 is 11.1 Å². The quantitative estimate of drug-likeness (QED) is 0.601. The molecule has 1 fully saturated rings. The summed E-state index contributed by atoms with van der Waals surface area (Å²) in [6.07, 6.45) is 3.41. The summed E-state index contributed by atoms with van der Waals surface area (Å²) < 4.78 is 4.88. The number of carbonyl (C=O) groups excluding carboxylic acids is 2. The number of primary amides is 1. The Labute approximate surface area is 108 Å². The lowest BCUT2D eigenvalue weighted by molar-refractivity contribution is -0.135. The molecule has 3 N–H and O–H groups in total. The fourth-order valence-corrected chi connectivity index (χ4v) is 2.06. The van der Waals surface area contributed by atoms with Gasteiger partial charge in [0.05, 0.1) is 19.1 Å². The van der Waals surface area contributed by atoms with Gasteiger partial charge in [0.2, 0.25) is 11.8 Å². The molecular weight excluding hydrogens is 234 g/mol. The second-order valence-electron chi connectivity index (χ2n) is 4.55. The molecule has 0 aromatic heterocycles. The third-order valence-electron chi connectivity index (χ3n) is 3.13. The van der Waals surface area contributed by atoms with Crippen LogP contribution in [0.3, 0.4) is 0 Å². The highest BCUT2D eigenvalue weighted by atomic mass is 16.5. The second-order valence-corrected chi connectivity index (χ2v) is 4.55. The van der Waals surface area contributed by atoms with Gasteiger partial charge in [-0.1, -0.05) is 0 Å². The lowest BCUT2D eigenvalue weighted by atomic mass is 10.1. The van der Waals surface area contributed by atoms with E-state index >= 15 is 0 Å². The number of ether oxygens (including phenoxy) is 1. The highest BCUT2D eigenvalue weighted by Crippen LogP contribution is 2.10. The summed E-state index contributed by atoms with van der Waals surface area (Å²) in [6, 6.07) is -0.602. The average molecular weight is 257 g/mol. The summed E-state index contributed by atoms with van der Waals surface area (Å²) >= 11 is 0. The fraction of sp³-hybridized carbons (Fsp3) is 0.833. The van der Waals surface area contributed by atoms with E-state index in [0.29, 0.717) is 13.2 Å². The third kappa shape index (κ3) is 5.01. The number of hydrogen-bond donors (Lipinski definition) is 2. The van der Waals surface area contributed by atoms with Crippen LogP contribution in [-0.4, -0.2) is 56.1 Å². The molecule has 1 atom stereocenters. The number of nitrogens with one attached hydrogen (secondary N) is 1. The van der Waals surface area contributed by atoms with Crippen LogP contribution >= 0.6 is 0 Å². The number of nitrogens with zero attached hydrogens (tertiary/aromatic N) is 1. The Morgan fingerprint density at radius 1 is 1.33 bits per heavy atom. The first-order valence-electron chi connectivity index (χ1n) is 6.44. The first-order valence-corrected chi connectivity index (χ1v) is 6.44. The van der Waals surface area contributed by atoms with Crippen LogP contribution in [-0.2, 0) is 14.3 Å². The minimum absolute atomic E-state index is 0.00316. The predicted molar refractivity (Wildman–Crippen MR) is 67.9 cm³/mol. The summed E-state index contributed by atoms with van der Waals surface area (Å²) in [5, 5.41) is 2.94. The molecule has 0 saturated carbocycles. The Hall–Kier alpha value is -1.14. The van der Waals surface area contributed by atoms with E-state index in [1.807, 2.05) is 4.90 Å². The van der Waals surface area contributed by atoms with Crippen LogP contribution in [0.25, 0.3) is 0 Å². The Bertz CT molecular complexity index is 278. The van der Waals surface area contributed by atoms with Crippen molar-refractivity contribution in [3.63, 3.8) is 0 Å². The lowest BCUT2D eigenvalue weighted by Crippen LogP contribution is -2.47. The van der Waals surface area contributed by atoms with Crippen molar-refractivity contribution >= 4 is 11.8 Å². The highest BCUT2D eigenvalue weighted by Gasteiger charge is 2.23. The van der Waals surface area contributed by atoms with Gasteiger partial charge in [-0.05, 0) is 19.3 Å². The van der Waals surface area contributed by atoms with Gasteiger partial charge in [0.1, 0.15) is 0 Å². The van der Waals surface area contributed by atoms with E-state index in [0.717, 1.165) is 25.9 Å². The SMILES string of the molecule is COCCNC(CC(=O)N1CCCCC1)C(N)=O. The highest BCUT2D eigenvalue weighted by molar-refractivity contribution is 5.87. The number of methoxy groups -OCH3 is 1. The lowest BCUT2D eigenvalue weighted by Gasteiger charge is -2.28. The first-order chi connectivity index (χ1) is 8.65. The van der Waals surface area contributed by atoms with Gasteiger partial charge >= 0.3 is 0 Å². The predicted octanol–water partition coefficient (Wildman–Crippen LogP) is -0.521. The van der Waals surface area contributed by atoms with Gasteiger partial charge in [-0.3, -0.25) is 9.59 Å². The summed E-state index contributed by atoms with van der Waals surface area (Å²) in [5.41, 5.74) is 5.28. The number of piperidine rings is 1. The molecule has 1 unspecified atom stereocenters. The van der Waals surface area contributed by atoms with Crippen molar-refractivity contribution in [1.29, 1.82) is 0 Å². The Morgan fingerprint density at radius 3 is 2.56 bits per heavy atom. The monoisotopic (exact) mass is 257 g/mol. The number of carbonyl (C=O) groups is 2. The van der Waals surface area contributed by atoms with Crippen molar-refractivity contribution in [1.82, 2.24) is 10.2 Å². The third-order valence-corrected chi connectivity index (χ3v) is 3.13. The van der Waals surface area contributed by atoms with Gasteiger partial charge in [0.15, 0.2) is 0 Å². The molecule has 18 heavy (non-hydrogen) atoms. The zero-order valence-electron chi connectivity index (χ0n) is 11.0. The van der Waals surface area contributed by atoms with Crippen molar-refractivity contribution in [2.24, 2.45) is 5.73 Å². The molecule has 1 saturated heterocycles. The topological polar surface area (TPSA) is 84.7 Å². The Balaban J connectivity index is 2.38. The van der Waals surface area contributed by atoms with E-state index in [2.05, 4.69) is 5.32 Å². The van der Waals surface area contributed by atoms with E-state index in [4.69, 9.17) is 10.5 Å². The molecule has 2 amide bonds. The Kier molecular flexibility index (Phi) is 6.67. The van der Waals surface area contributed by atoms with Gasteiger partial charge in [0, 0.05) is 26.7 Å². The standard InChI is InChI=1S/C12H23N3O3/c1-18-8-5-14-10(12(13)17)9-11(16)15-6-3-2-4-7-15/h10,14H,2-9H2,1H3,(H2,13,17). The largest absolute Gasteiger partial charge is 0.383 e. The van der Waals surface area contributed by atoms with Gasteiger partial charge in [-0.25, -0.2) is 0 Å². The molecule has 1 rings (SSSR count). The van der Waals surface area contributed by atoms with Gasteiger partial charge in [-0.15, -0.1) is 0 Å². The Morgan fingerprint density at radius 2 is 2.00 bits per heavy atom. The molecule has 104 valence electrons. The van der Waals surface area contributed by atoms with Crippen LogP contribution in [0.15, 0.2) is 0 Å². The van der Waals surface area contributed by atoms with E-state index in [9.17, 15) is 9.59 Å². The summed E-state index contributed by atoms with van der Waals surface area (Å²) in [4.78, 5) is 25.1. The van der Waals surface area contributed by atoms with Crippen LogP contribution in [0.1, 0.15) is 25.7 Å². The van der Waals surface area contributed by atoms with Crippen LogP contribution in [0.2, 0.25) is 0 Å². The zero-order chi connectivity index (χ0) is 13.4. The number of likely N-dealkylation sites (tertiary alicyclic amines) is 1. The van der Waals surface area contributed by atoms with Crippen molar-refractivity contribution < 1.29 is 14.3 Å². The number of hydrogen-bond acceptors (Lipinski definition) is 4. The molecule has 1 heterocycles. The second kappa shape index (κ2) is 8.05. The van der Waals surface area contributed by atoms with Crippen LogP contribution in [0.5, 0.6) is 0 Å². The fourth-order valence-electron chi connectivity index (χ4n) is 2.06. The summed E-state index contributed by atoms with van der Waals surface area (Å²) in [5.74, 6) is -0.486. The molecule has 0 aromatic rings. The number of amides is 2. The van der Waals surface area contributed by atoms with Crippen LogP contribution in [0, 0.1) is 0 Å². The van der Waals surface area contributed by atoms with Crippen molar-refractivity contribution in [3.05, 3.63) is 0 Å². The molecule has 0 bridgehead atoms. The normalized spacial score (nSPS) is 17.5. The van der Waals surface area contributed by atoms with E-state index < -0.39 is 11.9 Å². The van der Waals surface area contributed by atoms with Gasteiger partial charge in [-0.2, -0.15) is 0 Å². The van der Waals surface area contributed by atoms with Crippen molar-refractivity contribution in [2.45, 2.75) is 31.7 Å². The minimum atomic E-state index is -0.602. The van der Waals surface area contributed by atoms with Crippen LogP contribution in [0.4, 0.5) is 0 Å². The molecule has 0 radical (unpaired) electrons. The van der Waals surface area contributed by atoms with Crippen molar-refractivity contribution in [2.75, 3.05) is 33.4 Å². The van der Waals surface area contributed by atoms with E-state index in [1.165, 1.54) is 6.42 Å². The van der Waals surface area contributed by atoms with Gasteiger partial charge < -0.3 is 20.7 Å². The maximum absolute atomic E-state index is 12.0. The smallest absolute Gasteiger partial charge is 0.235 e. The molecule has 0 spiro atoms. The maximum atomic E-state index is 12.0. The average Bonchev–Trinajstić information content (AvgIpc) is 2.38.